The average molecular weight is 368 g/mol. The first-order valence-corrected chi connectivity index (χ1v) is 9.07. The third kappa shape index (κ3) is 2.42. The van der Waals surface area contributed by atoms with Crippen molar-refractivity contribution < 1.29 is 19.1 Å². The van der Waals surface area contributed by atoms with Gasteiger partial charge < -0.3 is 14.3 Å². The van der Waals surface area contributed by atoms with E-state index in [9.17, 15) is 15.2 Å². The number of methoxy groups -OCH3 is 1. The van der Waals surface area contributed by atoms with Crippen LogP contribution in [0.3, 0.4) is 0 Å². The van der Waals surface area contributed by atoms with Gasteiger partial charge in [-0.25, -0.2) is 0 Å². The Bertz CT molecular complexity index is 914. The summed E-state index contributed by atoms with van der Waals surface area (Å²) in [6, 6.07) is 12.9. The topological polar surface area (TPSA) is 86.7 Å². The number of hydrogen-bond acceptors (Lipinski definition) is 6. The number of aliphatic hydroxyl groups is 1. The van der Waals surface area contributed by atoms with E-state index in [1.54, 1.807) is 19.2 Å². The fourth-order valence-electron chi connectivity index (χ4n) is 3.44. The van der Waals surface area contributed by atoms with Crippen LogP contribution in [0.2, 0.25) is 0 Å². The largest absolute Gasteiger partial charge is 0.497 e. The van der Waals surface area contributed by atoms with Crippen LogP contribution in [-0.2, 0) is 10.5 Å². The van der Waals surface area contributed by atoms with E-state index in [4.69, 9.17) is 9.15 Å². The van der Waals surface area contributed by atoms with E-state index >= 15 is 0 Å². The highest BCUT2D eigenvalue weighted by Crippen LogP contribution is 2.51. The van der Waals surface area contributed by atoms with E-state index in [2.05, 4.69) is 6.07 Å². The number of fused-ring (bicyclic) bond motifs is 1. The Labute approximate surface area is 154 Å². The zero-order chi connectivity index (χ0) is 18.3. The number of rotatable bonds is 3. The molecule has 2 atom stereocenters. The average Bonchev–Trinajstić information content (AvgIpc) is 3.31. The summed E-state index contributed by atoms with van der Waals surface area (Å²) < 4.78 is 10.5. The minimum Gasteiger partial charge on any atom is -0.497 e. The number of carbonyl (C=O) groups excluding carboxylic acids is 1. The summed E-state index contributed by atoms with van der Waals surface area (Å²) in [7, 11) is 1.59. The maximum Gasteiger partial charge on any atom is 0.231 e. The fourth-order valence-corrected chi connectivity index (χ4v) is 4.77. The third-order valence-corrected chi connectivity index (χ3v) is 5.97. The molecule has 0 bridgehead atoms. The standard InChI is InChI=1S/C19H16N2O4S/c1-24-13-6-4-12(5-7-13)14-9-17(22)21-18(15(14)10-20)26-11-19(21,23)16-3-2-8-25-16/h2-8,14,23H,9,11H2,1H3/t14-,19-/m0/s1. The Kier molecular flexibility index (Phi) is 4.02. The minimum atomic E-state index is -1.56. The molecule has 3 heterocycles. The lowest BCUT2D eigenvalue weighted by atomic mass is 9.86. The number of ether oxygens (including phenoxy) is 1. The van der Waals surface area contributed by atoms with Gasteiger partial charge in [-0.05, 0) is 29.8 Å². The van der Waals surface area contributed by atoms with Crippen LogP contribution >= 0.6 is 11.8 Å². The second kappa shape index (κ2) is 6.24. The Balaban J connectivity index is 1.78. The Morgan fingerprint density at radius 1 is 1.38 bits per heavy atom. The molecule has 132 valence electrons. The number of nitrogens with zero attached hydrogens (tertiary/aromatic N) is 2. The van der Waals surface area contributed by atoms with Gasteiger partial charge in [0.2, 0.25) is 11.6 Å². The van der Waals surface area contributed by atoms with E-state index in [-0.39, 0.29) is 24.0 Å². The molecule has 7 heteroatoms. The van der Waals surface area contributed by atoms with Gasteiger partial charge in [-0.15, -0.1) is 11.8 Å². The second-order valence-electron chi connectivity index (χ2n) is 6.17. The SMILES string of the molecule is COc1ccc([C@@H]2CC(=O)N3C(=C2C#N)SC[C@]3(O)c2ccco2)cc1. The zero-order valence-corrected chi connectivity index (χ0v) is 14.8. The lowest BCUT2D eigenvalue weighted by Gasteiger charge is -2.36. The van der Waals surface area contributed by atoms with Crippen molar-refractivity contribution in [2.75, 3.05) is 12.9 Å². The second-order valence-corrected chi connectivity index (χ2v) is 7.14. The number of hydrogen-bond donors (Lipinski definition) is 1. The first-order chi connectivity index (χ1) is 12.6. The van der Waals surface area contributed by atoms with Gasteiger partial charge in [-0.3, -0.25) is 9.69 Å². The van der Waals surface area contributed by atoms with Gasteiger partial charge >= 0.3 is 0 Å². The number of thioether (sulfide) groups is 1. The number of furan rings is 1. The maximum atomic E-state index is 12.9. The molecule has 2 aliphatic rings. The van der Waals surface area contributed by atoms with Gasteiger partial charge in [0, 0.05) is 12.3 Å². The summed E-state index contributed by atoms with van der Waals surface area (Å²) in [5.41, 5.74) is -0.202. The van der Waals surface area contributed by atoms with Crippen molar-refractivity contribution in [3.05, 3.63) is 64.6 Å². The molecule has 4 rings (SSSR count). The first-order valence-electron chi connectivity index (χ1n) is 8.09. The Morgan fingerprint density at radius 2 is 2.15 bits per heavy atom. The van der Waals surface area contributed by atoms with Crippen LogP contribution in [0.1, 0.15) is 23.7 Å². The summed E-state index contributed by atoms with van der Waals surface area (Å²) in [5.74, 6) is 0.668. The lowest BCUT2D eigenvalue weighted by Crippen LogP contribution is -2.48. The smallest absolute Gasteiger partial charge is 0.231 e. The van der Waals surface area contributed by atoms with E-state index in [1.165, 1.54) is 22.9 Å². The van der Waals surface area contributed by atoms with E-state index in [0.29, 0.717) is 22.1 Å². The molecule has 1 fully saturated rings. The van der Waals surface area contributed by atoms with Crippen molar-refractivity contribution in [1.29, 1.82) is 5.26 Å². The molecule has 26 heavy (non-hydrogen) atoms. The van der Waals surface area contributed by atoms with Crippen LogP contribution in [0.25, 0.3) is 0 Å². The van der Waals surface area contributed by atoms with E-state index in [1.807, 2.05) is 24.3 Å². The molecule has 1 saturated heterocycles. The maximum absolute atomic E-state index is 12.9. The molecule has 1 N–H and O–H groups in total. The molecule has 1 aromatic heterocycles. The molecule has 2 aromatic rings. The first kappa shape index (κ1) is 16.8. The number of benzene rings is 1. The van der Waals surface area contributed by atoms with Gasteiger partial charge in [-0.2, -0.15) is 5.26 Å². The monoisotopic (exact) mass is 368 g/mol. The summed E-state index contributed by atoms with van der Waals surface area (Å²) in [4.78, 5) is 14.2. The predicted molar refractivity (Wildman–Crippen MR) is 94.9 cm³/mol. The molecule has 2 aliphatic heterocycles. The summed E-state index contributed by atoms with van der Waals surface area (Å²) >= 11 is 1.30. The van der Waals surface area contributed by atoms with Crippen molar-refractivity contribution >= 4 is 17.7 Å². The van der Waals surface area contributed by atoms with Gasteiger partial charge in [0.1, 0.15) is 5.75 Å². The molecular weight excluding hydrogens is 352 g/mol. The van der Waals surface area contributed by atoms with Crippen LogP contribution in [0, 0.1) is 11.3 Å². The van der Waals surface area contributed by atoms with Crippen molar-refractivity contribution in [1.82, 2.24) is 4.90 Å². The fraction of sp³-hybridized carbons (Fsp3) is 0.263. The molecule has 6 nitrogen and oxygen atoms in total. The van der Waals surface area contributed by atoms with Gasteiger partial charge in [0.05, 0.1) is 35.8 Å². The van der Waals surface area contributed by atoms with Crippen LogP contribution in [0.4, 0.5) is 0 Å². The van der Waals surface area contributed by atoms with Crippen LogP contribution in [0.15, 0.2) is 57.7 Å². The third-order valence-electron chi connectivity index (χ3n) is 4.74. The normalized spacial score (nSPS) is 25.2. The number of carbonyl (C=O) groups is 1. The predicted octanol–water partition coefficient (Wildman–Crippen LogP) is 2.93. The lowest BCUT2D eigenvalue weighted by molar-refractivity contribution is -0.152. The van der Waals surface area contributed by atoms with Gasteiger partial charge in [0.15, 0.2) is 5.76 Å². The quantitative estimate of drug-likeness (QED) is 0.896. The van der Waals surface area contributed by atoms with Crippen LogP contribution < -0.4 is 4.74 Å². The zero-order valence-electron chi connectivity index (χ0n) is 14.0. The van der Waals surface area contributed by atoms with Crippen molar-refractivity contribution in [3.63, 3.8) is 0 Å². The molecule has 1 amide bonds. The van der Waals surface area contributed by atoms with Crippen LogP contribution in [0.5, 0.6) is 5.75 Å². The summed E-state index contributed by atoms with van der Waals surface area (Å²) in [5, 5.41) is 21.4. The van der Waals surface area contributed by atoms with Gasteiger partial charge in [0.25, 0.3) is 0 Å². The molecule has 0 saturated carbocycles. The minimum absolute atomic E-state index is 0.113. The van der Waals surface area contributed by atoms with E-state index in [0.717, 1.165) is 5.56 Å². The van der Waals surface area contributed by atoms with Crippen molar-refractivity contribution in [2.45, 2.75) is 18.1 Å². The van der Waals surface area contributed by atoms with Crippen LogP contribution in [-0.4, -0.2) is 28.8 Å². The number of nitriles is 1. The molecule has 0 aliphatic carbocycles. The molecular formula is C19H16N2O4S. The van der Waals surface area contributed by atoms with E-state index < -0.39 is 5.72 Å². The highest BCUT2D eigenvalue weighted by molar-refractivity contribution is 8.03. The number of allylic oxidation sites excluding steroid dienone is 1. The molecule has 0 spiro atoms. The highest BCUT2D eigenvalue weighted by Gasteiger charge is 2.53. The summed E-state index contributed by atoms with van der Waals surface area (Å²) in [6.07, 6.45) is 1.57. The van der Waals surface area contributed by atoms with Crippen molar-refractivity contribution in [2.24, 2.45) is 0 Å². The Morgan fingerprint density at radius 3 is 2.77 bits per heavy atom. The highest BCUT2D eigenvalue weighted by atomic mass is 32.2. The summed E-state index contributed by atoms with van der Waals surface area (Å²) in [6.45, 7) is 0. The molecule has 0 unspecified atom stereocenters. The van der Waals surface area contributed by atoms with Crippen molar-refractivity contribution in [3.8, 4) is 11.8 Å². The molecule has 0 radical (unpaired) electrons. The van der Waals surface area contributed by atoms with Gasteiger partial charge in [-0.1, -0.05) is 12.1 Å². The number of amides is 1. The molecule has 1 aromatic carbocycles. The Hall–Kier alpha value is -2.69.